The van der Waals surface area contributed by atoms with E-state index in [-0.39, 0.29) is 4.90 Å². The van der Waals surface area contributed by atoms with E-state index in [9.17, 15) is 45.0 Å². The molecule has 0 heterocycles. The van der Waals surface area contributed by atoms with E-state index in [0.29, 0.717) is 5.56 Å². The third kappa shape index (κ3) is 7.41. The first-order valence-electron chi connectivity index (χ1n) is 9.34. The predicted octanol–water partition coefficient (Wildman–Crippen LogP) is 2.19. The maximum Gasteiger partial charge on any atom is 0.523 e. The van der Waals surface area contributed by atoms with Gasteiger partial charge in [-0.1, -0.05) is 48.5 Å². The first-order valence-corrected chi connectivity index (χ1v) is 14.5. The van der Waals surface area contributed by atoms with Gasteiger partial charge in [-0.2, -0.15) is 26.3 Å². The van der Waals surface area contributed by atoms with Gasteiger partial charge in [0.1, 0.15) is 6.04 Å². The molecule has 0 spiro atoms. The van der Waals surface area contributed by atoms with E-state index >= 15 is 0 Å². The summed E-state index contributed by atoms with van der Waals surface area (Å²) >= 11 is 0. The summed E-state index contributed by atoms with van der Waals surface area (Å²) in [5, 5.41) is 20.0. The SMILES string of the molecule is CS(Cc1ccccc1)(CC(O)C(NS(=O)(=O)c1ccccc1)C(=O)O)OS(=O)(=O)C(F)(F)F. The standard InChI is InChI=1S/C19H22F3NO8S3/c1-32(12-14-8-4-2-5-9-14,31-34(29,30)19(20,21)22)13-16(24)17(18(25)26)23-33(27,28)15-10-6-3-7-11-15/h2-11,16-17,23-24H,12-13H2,1H3,(H,25,26). The van der Waals surface area contributed by atoms with E-state index in [1.165, 1.54) is 42.5 Å². The van der Waals surface area contributed by atoms with Crippen molar-refractivity contribution in [1.29, 1.82) is 0 Å². The summed E-state index contributed by atoms with van der Waals surface area (Å²) in [5.41, 5.74) is -5.40. The van der Waals surface area contributed by atoms with Gasteiger partial charge in [0.15, 0.2) is 0 Å². The van der Waals surface area contributed by atoms with Crippen molar-refractivity contribution in [2.45, 2.75) is 28.3 Å². The number of aliphatic hydroxyl groups excluding tert-OH is 1. The molecule has 34 heavy (non-hydrogen) atoms. The summed E-state index contributed by atoms with van der Waals surface area (Å²) in [6.45, 7) is 0. The molecule has 0 radical (unpaired) electrons. The van der Waals surface area contributed by atoms with Crippen LogP contribution in [0.2, 0.25) is 0 Å². The van der Waals surface area contributed by atoms with Crippen LogP contribution < -0.4 is 4.72 Å². The molecule has 190 valence electrons. The lowest BCUT2D eigenvalue weighted by Gasteiger charge is -2.37. The number of benzene rings is 2. The zero-order valence-corrected chi connectivity index (χ0v) is 20.0. The van der Waals surface area contributed by atoms with Gasteiger partial charge in [0, 0.05) is 11.5 Å². The number of sulfonamides is 1. The van der Waals surface area contributed by atoms with Crippen LogP contribution in [-0.4, -0.2) is 62.7 Å². The molecular weight excluding hydrogens is 523 g/mol. The summed E-state index contributed by atoms with van der Waals surface area (Å²) in [4.78, 5) is 11.4. The lowest BCUT2D eigenvalue weighted by molar-refractivity contribution is -0.141. The van der Waals surface area contributed by atoms with Crippen molar-refractivity contribution >= 4 is 36.4 Å². The highest BCUT2D eigenvalue weighted by molar-refractivity contribution is 8.32. The molecule has 0 saturated carbocycles. The molecule has 15 heteroatoms. The normalized spacial score (nSPS) is 17.3. The fourth-order valence-corrected chi connectivity index (χ4v) is 8.51. The first-order chi connectivity index (χ1) is 15.6. The molecule has 0 aliphatic rings. The highest BCUT2D eigenvalue weighted by Crippen LogP contribution is 2.53. The molecule has 0 amide bonds. The van der Waals surface area contributed by atoms with Crippen molar-refractivity contribution in [1.82, 2.24) is 4.72 Å². The zero-order valence-electron chi connectivity index (χ0n) is 17.5. The van der Waals surface area contributed by atoms with Crippen LogP contribution in [0.25, 0.3) is 0 Å². The summed E-state index contributed by atoms with van der Waals surface area (Å²) in [6.07, 6.45) is -1.11. The Kier molecular flexibility index (Phi) is 8.77. The Morgan fingerprint density at radius 2 is 1.50 bits per heavy atom. The number of aliphatic hydroxyl groups is 1. The highest BCUT2D eigenvalue weighted by Gasteiger charge is 2.51. The molecule has 0 aliphatic carbocycles. The Morgan fingerprint density at radius 1 is 1.00 bits per heavy atom. The van der Waals surface area contributed by atoms with Crippen molar-refractivity contribution in [2.24, 2.45) is 0 Å². The number of halogens is 3. The van der Waals surface area contributed by atoms with E-state index in [2.05, 4.69) is 3.63 Å². The molecule has 2 aromatic rings. The maximum atomic E-state index is 13.0. The minimum atomic E-state index is -6.11. The van der Waals surface area contributed by atoms with Crippen molar-refractivity contribution in [2.75, 3.05) is 12.0 Å². The van der Waals surface area contributed by atoms with E-state index in [0.717, 1.165) is 18.4 Å². The van der Waals surface area contributed by atoms with E-state index in [4.69, 9.17) is 0 Å². The summed E-state index contributed by atoms with van der Waals surface area (Å²) in [6, 6.07) is 12.0. The molecule has 0 bridgehead atoms. The van der Waals surface area contributed by atoms with Crippen LogP contribution in [0.3, 0.4) is 0 Å². The smallest absolute Gasteiger partial charge is 0.480 e. The number of hydrogen-bond acceptors (Lipinski definition) is 7. The third-order valence-corrected chi connectivity index (χ3v) is 10.4. The lowest BCUT2D eigenvalue weighted by atomic mass is 10.2. The Hall–Kier alpha value is -2.17. The number of alkyl halides is 3. The Bertz CT molecular complexity index is 1190. The van der Waals surface area contributed by atoms with Gasteiger partial charge in [0.25, 0.3) is 0 Å². The number of rotatable bonds is 11. The number of carboxylic acid groups (broad SMARTS) is 1. The topological polar surface area (TPSA) is 147 Å². The van der Waals surface area contributed by atoms with Gasteiger partial charge in [-0.05, 0) is 24.0 Å². The molecular formula is C19H22F3NO8S3. The van der Waals surface area contributed by atoms with Crippen LogP contribution in [0.5, 0.6) is 0 Å². The first kappa shape index (κ1) is 28.1. The lowest BCUT2D eigenvalue weighted by Crippen LogP contribution is -2.50. The average molecular weight is 546 g/mol. The van der Waals surface area contributed by atoms with Gasteiger partial charge < -0.3 is 10.2 Å². The van der Waals surface area contributed by atoms with Gasteiger partial charge >= 0.3 is 21.6 Å². The van der Waals surface area contributed by atoms with Crippen LogP contribution in [-0.2, 0) is 34.3 Å². The molecule has 2 aromatic carbocycles. The monoisotopic (exact) mass is 545 g/mol. The van der Waals surface area contributed by atoms with Gasteiger partial charge in [-0.3, -0.25) is 4.79 Å². The molecule has 0 aromatic heterocycles. The van der Waals surface area contributed by atoms with E-state index in [1.807, 2.05) is 0 Å². The van der Waals surface area contributed by atoms with Crippen molar-refractivity contribution < 1.29 is 48.6 Å². The Balaban J connectivity index is 2.37. The van der Waals surface area contributed by atoms with E-state index in [1.54, 1.807) is 10.8 Å². The second-order valence-electron chi connectivity index (χ2n) is 7.27. The van der Waals surface area contributed by atoms with E-state index < -0.39 is 65.6 Å². The molecule has 3 unspecified atom stereocenters. The van der Waals surface area contributed by atoms with Crippen LogP contribution in [0.4, 0.5) is 13.2 Å². The van der Waals surface area contributed by atoms with Crippen LogP contribution >= 0.6 is 10.3 Å². The third-order valence-electron chi connectivity index (χ3n) is 4.36. The maximum absolute atomic E-state index is 13.0. The number of carboxylic acids is 1. The van der Waals surface area contributed by atoms with Gasteiger partial charge in [0.05, 0.1) is 11.0 Å². The number of carbonyl (C=O) groups is 1. The summed E-state index contributed by atoms with van der Waals surface area (Å²) in [5.74, 6) is -3.11. The summed E-state index contributed by atoms with van der Waals surface area (Å²) in [7, 11) is -13.9. The molecule has 9 nitrogen and oxygen atoms in total. The van der Waals surface area contributed by atoms with Crippen LogP contribution in [0.1, 0.15) is 5.56 Å². The number of aliphatic carboxylic acids is 1. The molecule has 2 rings (SSSR count). The zero-order chi connectivity index (χ0) is 25.8. The summed E-state index contributed by atoms with van der Waals surface area (Å²) < 4.78 is 93.7. The second-order valence-corrected chi connectivity index (χ2v) is 13.9. The molecule has 0 aliphatic heterocycles. The highest BCUT2D eigenvalue weighted by atomic mass is 32.3. The minimum Gasteiger partial charge on any atom is -0.480 e. The van der Waals surface area contributed by atoms with Gasteiger partial charge in [0.2, 0.25) is 10.0 Å². The van der Waals surface area contributed by atoms with Crippen LogP contribution in [0.15, 0.2) is 65.6 Å². The quantitative estimate of drug-likeness (QED) is 0.364. The van der Waals surface area contributed by atoms with Gasteiger partial charge in [-0.15, -0.1) is 10.3 Å². The van der Waals surface area contributed by atoms with Gasteiger partial charge in [-0.25, -0.2) is 12.0 Å². The van der Waals surface area contributed by atoms with Crippen molar-refractivity contribution in [3.63, 3.8) is 0 Å². The molecule has 0 saturated heterocycles. The van der Waals surface area contributed by atoms with Crippen molar-refractivity contribution in [3.05, 3.63) is 66.2 Å². The average Bonchev–Trinajstić information content (AvgIpc) is 2.71. The number of nitrogens with one attached hydrogen (secondary N) is 1. The van der Waals surface area contributed by atoms with Crippen molar-refractivity contribution in [3.8, 4) is 0 Å². The largest absolute Gasteiger partial charge is 0.523 e. The molecule has 0 fully saturated rings. The number of hydrogen-bond donors (Lipinski definition) is 3. The predicted molar refractivity (Wildman–Crippen MR) is 119 cm³/mol. The fourth-order valence-electron chi connectivity index (χ4n) is 2.88. The van der Waals surface area contributed by atoms with Crippen LogP contribution in [0, 0.1) is 0 Å². The molecule has 3 N–H and O–H groups in total. The minimum absolute atomic E-state index is 0.316. The Labute approximate surface area is 196 Å². The second kappa shape index (κ2) is 10.6. The Morgan fingerprint density at radius 3 is 1.97 bits per heavy atom. The molecule has 3 atom stereocenters. The fraction of sp³-hybridized carbons (Fsp3) is 0.316.